The van der Waals surface area contributed by atoms with Crippen LogP contribution in [0.2, 0.25) is 0 Å². The maximum absolute atomic E-state index is 12.4. The van der Waals surface area contributed by atoms with E-state index < -0.39 is 22.5 Å². The second kappa shape index (κ2) is 6.18. The minimum atomic E-state index is -1.25. The Kier molecular flexibility index (Phi) is 3.98. The zero-order valence-corrected chi connectivity index (χ0v) is 17.4. The third kappa shape index (κ3) is 2.33. The summed E-state index contributed by atoms with van der Waals surface area (Å²) in [6.45, 7) is 2.96. The Balaban J connectivity index is 1.74. The molecule has 2 heterocycles. The number of nitrogens with one attached hydrogen (secondary N) is 1. The van der Waals surface area contributed by atoms with Crippen molar-refractivity contribution in [2.45, 2.75) is 43.2 Å². The van der Waals surface area contributed by atoms with E-state index >= 15 is 0 Å². The monoisotopic (exact) mass is 410 g/mol. The van der Waals surface area contributed by atoms with Gasteiger partial charge in [0.2, 0.25) is 0 Å². The number of aromatic amines is 1. The van der Waals surface area contributed by atoms with Gasteiger partial charge in [-0.3, -0.25) is 9.69 Å². The maximum Gasteiger partial charge on any atom is 0.341 e. The number of methoxy groups -OCH3 is 1. The Hall–Kier alpha value is -2.64. The minimum Gasteiger partial charge on any atom is -0.497 e. The smallest absolute Gasteiger partial charge is 0.341 e. The zero-order valence-electron chi connectivity index (χ0n) is 17.4. The number of carbonyl (C=O) groups is 1. The Morgan fingerprint density at radius 2 is 2.07 bits per heavy atom. The summed E-state index contributed by atoms with van der Waals surface area (Å²) in [5.74, 6) is -0.164. The fraction of sp³-hybridized carbons (Fsp3) is 0.478. The highest BCUT2D eigenvalue weighted by Crippen LogP contribution is 2.61. The molecule has 3 N–H and O–H groups in total. The van der Waals surface area contributed by atoms with Crippen molar-refractivity contribution in [2.75, 3.05) is 20.7 Å². The molecule has 3 aliphatic rings. The van der Waals surface area contributed by atoms with Crippen LogP contribution < -0.4 is 10.3 Å². The molecule has 7 nitrogen and oxygen atoms in total. The van der Waals surface area contributed by atoms with E-state index in [4.69, 9.17) is 4.74 Å². The van der Waals surface area contributed by atoms with Crippen LogP contribution in [0.15, 0.2) is 29.1 Å². The SMILES string of the molecule is COc1ccc(C)c([C@@]23Cc4[nH]c(=O)c(C(=O)O)cc4C[C@@]2(O)[C@H]2C(CN2C)C3)c1. The summed E-state index contributed by atoms with van der Waals surface area (Å²) in [6, 6.07) is 7.39. The molecule has 0 spiro atoms. The van der Waals surface area contributed by atoms with Crippen molar-refractivity contribution in [1.82, 2.24) is 9.88 Å². The number of likely N-dealkylation sites (N-methyl/N-ethyl adjacent to an activating group) is 1. The van der Waals surface area contributed by atoms with Crippen LogP contribution in [0, 0.1) is 12.8 Å². The highest BCUT2D eigenvalue weighted by atomic mass is 16.5. The van der Waals surface area contributed by atoms with Crippen molar-refractivity contribution in [1.29, 1.82) is 0 Å². The number of pyridine rings is 1. The van der Waals surface area contributed by atoms with E-state index in [1.54, 1.807) is 7.11 Å². The zero-order chi connectivity index (χ0) is 21.4. The number of H-pyrrole nitrogens is 1. The Labute approximate surface area is 174 Å². The number of likely N-dealkylation sites (tertiary alicyclic amines) is 1. The standard InChI is InChI=1S/C23H26N2O5/c1-12-4-5-15(30-3)7-17(12)22-8-14-11-25(2)19(14)23(22,29)9-13-6-16(21(27)28)20(26)24-18(13)10-22/h4-7,14,19,29H,8-11H2,1-3H3,(H,24,26)(H,27,28)/t14?,19-,22-,23-/m1/s1. The van der Waals surface area contributed by atoms with Gasteiger partial charge in [-0.25, -0.2) is 4.79 Å². The predicted octanol–water partition coefficient (Wildman–Crippen LogP) is 1.49. The predicted molar refractivity (Wildman–Crippen MR) is 110 cm³/mol. The van der Waals surface area contributed by atoms with Gasteiger partial charge < -0.3 is 19.9 Å². The number of rotatable bonds is 3. The Morgan fingerprint density at radius 1 is 1.30 bits per heavy atom. The summed E-state index contributed by atoms with van der Waals surface area (Å²) in [5.41, 5.74) is 1.04. The summed E-state index contributed by atoms with van der Waals surface area (Å²) in [5, 5.41) is 21.7. The molecular weight excluding hydrogens is 384 g/mol. The Bertz CT molecular complexity index is 1130. The molecule has 30 heavy (non-hydrogen) atoms. The van der Waals surface area contributed by atoms with Gasteiger partial charge in [-0.15, -0.1) is 0 Å². The van der Waals surface area contributed by atoms with E-state index in [0.29, 0.717) is 24.3 Å². The lowest BCUT2D eigenvalue weighted by Gasteiger charge is -2.53. The van der Waals surface area contributed by atoms with E-state index in [9.17, 15) is 19.8 Å². The number of benzene rings is 1. The highest BCUT2D eigenvalue weighted by molar-refractivity contribution is 5.87. The molecule has 158 valence electrons. The van der Waals surface area contributed by atoms with E-state index in [0.717, 1.165) is 35.5 Å². The van der Waals surface area contributed by atoms with E-state index in [1.165, 1.54) is 6.07 Å². The lowest BCUT2D eigenvalue weighted by molar-refractivity contribution is -0.108. The molecule has 0 amide bonds. The molecule has 0 radical (unpaired) electrons. The number of hydrogen-bond donors (Lipinski definition) is 3. The third-order valence-corrected chi connectivity index (χ3v) is 7.72. The number of aryl methyl sites for hydroxylation is 1. The number of hydrogen-bond acceptors (Lipinski definition) is 5. The third-order valence-electron chi connectivity index (χ3n) is 7.72. The van der Waals surface area contributed by atoms with Crippen molar-refractivity contribution < 1.29 is 19.7 Å². The normalized spacial score (nSPS) is 32.0. The van der Waals surface area contributed by atoms with Crippen LogP contribution >= 0.6 is 0 Å². The molecule has 1 aromatic heterocycles. The molecule has 2 aliphatic carbocycles. The van der Waals surface area contributed by atoms with Gasteiger partial charge in [-0.1, -0.05) is 6.07 Å². The van der Waals surface area contributed by atoms with Gasteiger partial charge in [0.25, 0.3) is 5.56 Å². The average Bonchev–Trinajstić information content (AvgIpc) is 2.88. The first-order valence-corrected chi connectivity index (χ1v) is 10.3. The molecule has 2 aromatic rings. The number of aromatic carboxylic acids is 1. The first-order valence-electron chi connectivity index (χ1n) is 10.3. The van der Waals surface area contributed by atoms with Crippen LogP contribution in [0.4, 0.5) is 0 Å². The van der Waals surface area contributed by atoms with E-state index in [1.807, 2.05) is 32.2 Å². The summed E-state index contributed by atoms with van der Waals surface area (Å²) in [6.07, 6.45) is 1.58. The molecule has 1 aliphatic heterocycles. The van der Waals surface area contributed by atoms with Gasteiger partial charge in [-0.05, 0) is 61.2 Å². The van der Waals surface area contributed by atoms with Gasteiger partial charge in [0.15, 0.2) is 0 Å². The number of nitrogens with zero attached hydrogens (tertiary/aromatic N) is 1. The quantitative estimate of drug-likeness (QED) is 0.709. The number of aliphatic hydroxyl groups is 1. The number of carboxylic acids is 1. The molecule has 1 aromatic carbocycles. The molecular formula is C23H26N2O5. The average molecular weight is 410 g/mol. The lowest BCUT2D eigenvalue weighted by Crippen LogP contribution is -2.67. The van der Waals surface area contributed by atoms with Crippen molar-refractivity contribution in [2.24, 2.45) is 5.92 Å². The van der Waals surface area contributed by atoms with Crippen molar-refractivity contribution in [3.05, 3.63) is 62.6 Å². The minimum absolute atomic E-state index is 0.00328. The first-order chi connectivity index (χ1) is 14.2. The van der Waals surface area contributed by atoms with Crippen LogP contribution in [0.3, 0.4) is 0 Å². The molecule has 4 atom stereocenters. The van der Waals surface area contributed by atoms with Crippen molar-refractivity contribution >= 4 is 5.97 Å². The first kappa shape index (κ1) is 19.3. The second-order valence-electron chi connectivity index (χ2n) is 9.21. The molecule has 1 saturated carbocycles. The van der Waals surface area contributed by atoms with Crippen LogP contribution in [-0.2, 0) is 18.3 Å². The summed E-state index contributed by atoms with van der Waals surface area (Å²) in [7, 11) is 3.66. The van der Waals surface area contributed by atoms with Gasteiger partial charge >= 0.3 is 5.97 Å². The van der Waals surface area contributed by atoms with Crippen molar-refractivity contribution in [3.8, 4) is 5.75 Å². The molecule has 1 saturated heterocycles. The summed E-state index contributed by atoms with van der Waals surface area (Å²) >= 11 is 0. The Morgan fingerprint density at radius 3 is 2.73 bits per heavy atom. The topological polar surface area (TPSA) is 103 Å². The number of ether oxygens (including phenoxy) is 1. The summed E-state index contributed by atoms with van der Waals surface area (Å²) in [4.78, 5) is 28.9. The molecule has 1 unspecified atom stereocenters. The number of fused-ring (bicyclic) bond motifs is 4. The van der Waals surface area contributed by atoms with Crippen LogP contribution in [0.1, 0.15) is 39.2 Å². The van der Waals surface area contributed by atoms with E-state index in [-0.39, 0.29) is 11.6 Å². The summed E-state index contributed by atoms with van der Waals surface area (Å²) < 4.78 is 5.48. The number of carboxylic acid groups (broad SMARTS) is 1. The van der Waals surface area contributed by atoms with Gasteiger partial charge in [-0.2, -0.15) is 0 Å². The van der Waals surface area contributed by atoms with Crippen LogP contribution in [0.25, 0.3) is 0 Å². The lowest BCUT2D eigenvalue weighted by atomic mass is 9.59. The van der Waals surface area contributed by atoms with Crippen molar-refractivity contribution in [3.63, 3.8) is 0 Å². The van der Waals surface area contributed by atoms with Crippen LogP contribution in [0.5, 0.6) is 5.75 Å². The molecule has 2 fully saturated rings. The number of aromatic nitrogens is 1. The highest BCUT2D eigenvalue weighted by Gasteiger charge is 2.70. The van der Waals surface area contributed by atoms with Crippen LogP contribution in [-0.4, -0.2) is 58.4 Å². The fourth-order valence-electron chi connectivity index (χ4n) is 6.50. The van der Waals surface area contributed by atoms with Gasteiger partial charge in [0, 0.05) is 36.5 Å². The molecule has 5 rings (SSSR count). The van der Waals surface area contributed by atoms with E-state index in [2.05, 4.69) is 9.88 Å². The van der Waals surface area contributed by atoms with Gasteiger partial charge in [0.05, 0.1) is 12.7 Å². The largest absolute Gasteiger partial charge is 0.497 e. The fourth-order valence-corrected chi connectivity index (χ4v) is 6.50. The van der Waals surface area contributed by atoms with Gasteiger partial charge in [0.1, 0.15) is 11.3 Å². The maximum atomic E-state index is 12.4. The second-order valence-corrected chi connectivity index (χ2v) is 9.21. The molecule has 7 heteroatoms. The molecule has 0 bridgehead atoms.